The zero-order valence-electron chi connectivity index (χ0n) is 12.6. The lowest BCUT2D eigenvalue weighted by Crippen LogP contribution is -2.18. The first-order valence-electron chi connectivity index (χ1n) is 7.33. The Labute approximate surface area is 122 Å². The number of amides is 1. The lowest BCUT2D eigenvalue weighted by Gasteiger charge is -2.05. The van der Waals surface area contributed by atoms with Crippen molar-refractivity contribution in [1.82, 2.24) is 0 Å². The molecule has 4 nitrogen and oxygen atoms in total. The molecule has 1 aromatic carbocycles. The number of para-hydroxylation sites is 1. The van der Waals surface area contributed by atoms with Gasteiger partial charge in [0.2, 0.25) is 5.91 Å². The Morgan fingerprint density at radius 3 is 2.20 bits per heavy atom. The molecule has 0 bridgehead atoms. The molecular weight excluding hydrogens is 254 g/mol. The molecule has 20 heavy (non-hydrogen) atoms. The van der Waals surface area contributed by atoms with Crippen molar-refractivity contribution in [2.24, 2.45) is 5.73 Å². The highest BCUT2D eigenvalue weighted by molar-refractivity contribution is 5.74. The highest BCUT2D eigenvalue weighted by atomic mass is 16.5. The van der Waals surface area contributed by atoms with Gasteiger partial charge in [0.25, 0.3) is 0 Å². The average Bonchev–Trinajstić information content (AvgIpc) is 2.48. The fraction of sp³-hybridized carbons (Fsp3) is 0.562. The van der Waals surface area contributed by atoms with Gasteiger partial charge in [-0.3, -0.25) is 4.79 Å². The van der Waals surface area contributed by atoms with Crippen molar-refractivity contribution < 1.29 is 14.3 Å². The van der Waals surface area contributed by atoms with Crippen LogP contribution in [0.1, 0.15) is 39.5 Å². The number of carbonyl (C=O) groups excluding carboxylic acids is 1. The summed E-state index contributed by atoms with van der Waals surface area (Å²) in [6.07, 6.45) is 4.17. The summed E-state index contributed by atoms with van der Waals surface area (Å²) in [5.74, 6) is 0.508. The van der Waals surface area contributed by atoms with Crippen LogP contribution in [0.15, 0.2) is 30.3 Å². The van der Waals surface area contributed by atoms with Gasteiger partial charge in [0.05, 0.1) is 6.61 Å². The number of nitrogens with two attached hydrogens (primary N) is 1. The Morgan fingerprint density at radius 1 is 1.00 bits per heavy atom. The van der Waals surface area contributed by atoms with E-state index >= 15 is 0 Å². The van der Waals surface area contributed by atoms with E-state index in [0.717, 1.165) is 38.0 Å². The predicted octanol–water partition coefficient (Wildman–Crippen LogP) is 3.15. The zero-order valence-corrected chi connectivity index (χ0v) is 12.6. The molecular formula is C16H27NO3. The van der Waals surface area contributed by atoms with Gasteiger partial charge in [-0.1, -0.05) is 38.5 Å². The summed E-state index contributed by atoms with van der Waals surface area (Å²) >= 11 is 0. The maximum Gasteiger partial charge on any atom is 0.243 e. The molecule has 114 valence electrons. The van der Waals surface area contributed by atoms with E-state index in [9.17, 15) is 4.79 Å². The van der Waals surface area contributed by atoms with Crippen LogP contribution in [0.3, 0.4) is 0 Å². The Bertz CT molecular complexity index is 328. The molecule has 2 N–H and O–H groups in total. The average molecular weight is 281 g/mol. The molecule has 0 heterocycles. The summed E-state index contributed by atoms with van der Waals surface area (Å²) < 4.78 is 10.6. The normalized spacial score (nSPS) is 9.50. The van der Waals surface area contributed by atoms with E-state index in [0.29, 0.717) is 6.61 Å². The van der Waals surface area contributed by atoms with Gasteiger partial charge >= 0.3 is 0 Å². The van der Waals surface area contributed by atoms with Gasteiger partial charge in [0.1, 0.15) is 12.4 Å². The van der Waals surface area contributed by atoms with Crippen LogP contribution >= 0.6 is 0 Å². The molecule has 1 amide bonds. The fourth-order valence-corrected chi connectivity index (χ4v) is 1.54. The number of hydrogen-bond acceptors (Lipinski definition) is 3. The van der Waals surface area contributed by atoms with Gasteiger partial charge in [0.15, 0.2) is 0 Å². The second kappa shape index (κ2) is 13.9. The number of hydrogen-bond donors (Lipinski definition) is 1. The molecule has 0 aromatic heterocycles. The van der Waals surface area contributed by atoms with Crippen molar-refractivity contribution in [3.8, 4) is 5.75 Å². The maximum atomic E-state index is 10.4. The largest absolute Gasteiger partial charge is 0.494 e. The van der Waals surface area contributed by atoms with E-state index in [1.54, 1.807) is 0 Å². The van der Waals surface area contributed by atoms with E-state index < -0.39 is 5.91 Å². The number of rotatable bonds is 10. The summed E-state index contributed by atoms with van der Waals surface area (Å²) in [5.41, 5.74) is 4.95. The Balaban J connectivity index is 0.00000172. The third-order valence-electron chi connectivity index (χ3n) is 2.44. The second-order valence-electron chi connectivity index (χ2n) is 4.09. The Hall–Kier alpha value is -1.55. The highest BCUT2D eigenvalue weighted by Crippen LogP contribution is 2.09. The molecule has 0 saturated carbocycles. The predicted molar refractivity (Wildman–Crippen MR) is 81.8 cm³/mol. The van der Waals surface area contributed by atoms with Gasteiger partial charge in [0, 0.05) is 6.61 Å². The monoisotopic (exact) mass is 281 g/mol. The van der Waals surface area contributed by atoms with E-state index in [1.807, 2.05) is 44.2 Å². The van der Waals surface area contributed by atoms with E-state index in [4.69, 9.17) is 15.2 Å². The number of unbranched alkanes of at least 4 members (excludes halogenated alkanes) is 3. The molecule has 0 atom stereocenters. The van der Waals surface area contributed by atoms with E-state index in [2.05, 4.69) is 0 Å². The summed E-state index contributed by atoms with van der Waals surface area (Å²) in [6, 6.07) is 9.81. The van der Waals surface area contributed by atoms with Crippen LogP contribution in [-0.4, -0.2) is 25.7 Å². The number of benzene rings is 1. The molecule has 0 unspecified atom stereocenters. The molecule has 0 spiro atoms. The topological polar surface area (TPSA) is 61.6 Å². The first kappa shape index (κ1) is 18.4. The summed E-state index contributed by atoms with van der Waals surface area (Å²) in [6.45, 7) is 5.37. The number of ether oxygens (including phenoxy) is 2. The van der Waals surface area contributed by atoms with Crippen LogP contribution < -0.4 is 10.5 Å². The van der Waals surface area contributed by atoms with Crippen LogP contribution in [0.4, 0.5) is 0 Å². The van der Waals surface area contributed by atoms with Crippen molar-refractivity contribution in [3.05, 3.63) is 30.3 Å². The van der Waals surface area contributed by atoms with Crippen molar-refractivity contribution in [2.45, 2.75) is 39.5 Å². The van der Waals surface area contributed by atoms with Crippen LogP contribution in [0.25, 0.3) is 0 Å². The third-order valence-corrected chi connectivity index (χ3v) is 2.44. The van der Waals surface area contributed by atoms with Crippen molar-refractivity contribution in [3.63, 3.8) is 0 Å². The van der Waals surface area contributed by atoms with Crippen molar-refractivity contribution in [1.29, 1.82) is 0 Å². The minimum absolute atomic E-state index is 0.0249. The molecule has 0 fully saturated rings. The lowest BCUT2D eigenvalue weighted by molar-refractivity contribution is -0.122. The van der Waals surface area contributed by atoms with Gasteiger partial charge in [-0.05, 0) is 31.4 Å². The second-order valence-corrected chi connectivity index (χ2v) is 4.09. The summed E-state index contributed by atoms with van der Waals surface area (Å²) in [7, 11) is 0. The van der Waals surface area contributed by atoms with Crippen molar-refractivity contribution >= 4 is 5.91 Å². The smallest absolute Gasteiger partial charge is 0.243 e. The molecule has 0 aliphatic heterocycles. The maximum absolute atomic E-state index is 10.4. The van der Waals surface area contributed by atoms with Crippen LogP contribution in [0.2, 0.25) is 0 Å². The van der Waals surface area contributed by atoms with Gasteiger partial charge < -0.3 is 15.2 Å². The lowest BCUT2D eigenvalue weighted by atomic mass is 10.2. The van der Waals surface area contributed by atoms with Gasteiger partial charge in [-0.15, -0.1) is 0 Å². The van der Waals surface area contributed by atoms with Crippen LogP contribution in [0, 0.1) is 0 Å². The van der Waals surface area contributed by atoms with Crippen LogP contribution in [0.5, 0.6) is 5.75 Å². The summed E-state index contributed by atoms with van der Waals surface area (Å²) in [4.78, 5) is 10.4. The van der Waals surface area contributed by atoms with Crippen molar-refractivity contribution in [2.75, 3.05) is 19.8 Å². The first-order valence-corrected chi connectivity index (χ1v) is 7.33. The third kappa shape index (κ3) is 11.5. The molecule has 0 aliphatic carbocycles. The Kier molecular flexibility index (Phi) is 12.8. The van der Waals surface area contributed by atoms with Crippen LogP contribution in [-0.2, 0) is 9.53 Å². The SMILES string of the molecule is CC.NC(=O)COCCCCCCOc1ccccc1. The molecule has 1 rings (SSSR count). The molecule has 1 aromatic rings. The minimum atomic E-state index is -0.411. The number of carbonyl (C=O) groups is 1. The highest BCUT2D eigenvalue weighted by Gasteiger charge is 1.95. The standard InChI is InChI=1S/C14H21NO3.C2H6/c15-14(16)12-17-10-6-1-2-7-11-18-13-8-4-3-5-9-13;1-2/h3-5,8-9H,1-2,6-7,10-12H2,(H2,15,16);1-2H3. The van der Waals surface area contributed by atoms with E-state index in [1.165, 1.54) is 0 Å². The Morgan fingerprint density at radius 2 is 1.60 bits per heavy atom. The minimum Gasteiger partial charge on any atom is -0.494 e. The van der Waals surface area contributed by atoms with Gasteiger partial charge in [-0.2, -0.15) is 0 Å². The van der Waals surface area contributed by atoms with Gasteiger partial charge in [-0.25, -0.2) is 0 Å². The molecule has 0 radical (unpaired) electrons. The van der Waals surface area contributed by atoms with E-state index in [-0.39, 0.29) is 6.61 Å². The molecule has 4 heteroatoms. The molecule has 0 aliphatic rings. The number of primary amides is 1. The first-order chi connectivity index (χ1) is 9.79. The zero-order chi connectivity index (χ0) is 15.1. The quantitative estimate of drug-likeness (QED) is 0.670. The fourth-order valence-electron chi connectivity index (χ4n) is 1.54. The summed E-state index contributed by atoms with van der Waals surface area (Å²) in [5, 5.41) is 0. The molecule has 0 saturated heterocycles.